The number of carbonyl (C=O) groups excluding carboxylic acids is 1. The van der Waals surface area contributed by atoms with Gasteiger partial charge in [0, 0.05) is 18.8 Å². The molecule has 1 saturated heterocycles. The highest BCUT2D eigenvalue weighted by atomic mass is 32.2. The summed E-state index contributed by atoms with van der Waals surface area (Å²) in [5.74, 6) is -0.561. The lowest BCUT2D eigenvalue weighted by molar-refractivity contribution is -0.122. The van der Waals surface area contributed by atoms with Crippen molar-refractivity contribution in [1.29, 1.82) is 0 Å². The van der Waals surface area contributed by atoms with Gasteiger partial charge in [0.05, 0.1) is 4.90 Å². The van der Waals surface area contributed by atoms with Gasteiger partial charge in [0.25, 0.3) is 5.91 Å². The molecule has 1 aliphatic heterocycles. The third kappa shape index (κ3) is 6.26. The minimum absolute atomic E-state index is 0.0101. The van der Waals surface area contributed by atoms with E-state index in [1.54, 1.807) is 18.2 Å². The molecule has 3 aromatic carbocycles. The van der Waals surface area contributed by atoms with Crippen LogP contribution in [-0.4, -0.2) is 37.8 Å². The molecule has 0 bridgehead atoms. The van der Waals surface area contributed by atoms with E-state index in [4.69, 9.17) is 4.74 Å². The standard InChI is InChI=1S/C27H29FN2O4S/c1-20(34-26-10-6-5-9-25(26)28)27(31)29-23-11-13-24(14-12-23)35(32,33)30-17-15-22(16-18-30)19-21-7-3-2-4-8-21/h2-14,20,22H,15-19H2,1H3,(H,29,31). The average Bonchev–Trinajstić information content (AvgIpc) is 2.86. The molecule has 184 valence electrons. The van der Waals surface area contributed by atoms with Crippen molar-refractivity contribution >= 4 is 21.6 Å². The first-order valence-corrected chi connectivity index (χ1v) is 13.1. The van der Waals surface area contributed by atoms with Crippen molar-refractivity contribution in [2.75, 3.05) is 18.4 Å². The highest BCUT2D eigenvalue weighted by Gasteiger charge is 2.29. The van der Waals surface area contributed by atoms with Crippen LogP contribution in [0.4, 0.5) is 10.1 Å². The number of rotatable bonds is 8. The van der Waals surface area contributed by atoms with E-state index < -0.39 is 27.9 Å². The Kier molecular flexibility index (Phi) is 7.83. The second-order valence-corrected chi connectivity index (χ2v) is 10.7. The number of nitrogens with one attached hydrogen (secondary N) is 1. The molecule has 1 atom stereocenters. The largest absolute Gasteiger partial charge is 0.478 e. The molecule has 6 nitrogen and oxygen atoms in total. The SMILES string of the molecule is CC(Oc1ccccc1F)C(=O)Nc1ccc(S(=O)(=O)N2CCC(Cc3ccccc3)CC2)cc1. The number of hydrogen-bond donors (Lipinski definition) is 1. The first kappa shape index (κ1) is 24.9. The first-order valence-electron chi connectivity index (χ1n) is 11.7. The fraction of sp³-hybridized carbons (Fsp3) is 0.296. The van der Waals surface area contributed by atoms with E-state index in [0.29, 0.717) is 24.7 Å². The van der Waals surface area contributed by atoms with Crippen molar-refractivity contribution in [2.45, 2.75) is 37.2 Å². The molecule has 1 amide bonds. The zero-order chi connectivity index (χ0) is 24.8. The number of carbonyl (C=O) groups is 1. The van der Waals surface area contributed by atoms with Crippen LogP contribution in [0.15, 0.2) is 83.8 Å². The van der Waals surface area contributed by atoms with E-state index in [9.17, 15) is 17.6 Å². The second kappa shape index (κ2) is 11.0. The summed E-state index contributed by atoms with van der Waals surface area (Å²) in [5, 5.41) is 2.67. The van der Waals surface area contributed by atoms with E-state index in [0.717, 1.165) is 19.3 Å². The molecule has 1 heterocycles. The Bertz CT molecular complexity index is 1240. The summed E-state index contributed by atoms with van der Waals surface area (Å²) in [6, 6.07) is 22.2. The Balaban J connectivity index is 1.32. The molecule has 1 unspecified atom stereocenters. The Hall–Kier alpha value is -3.23. The molecule has 35 heavy (non-hydrogen) atoms. The van der Waals surface area contributed by atoms with Gasteiger partial charge in [-0.1, -0.05) is 42.5 Å². The predicted octanol–water partition coefficient (Wildman–Crippen LogP) is 4.88. The number of amides is 1. The van der Waals surface area contributed by atoms with Crippen molar-refractivity contribution < 1.29 is 22.3 Å². The third-order valence-electron chi connectivity index (χ3n) is 6.21. The van der Waals surface area contributed by atoms with Gasteiger partial charge in [-0.15, -0.1) is 0 Å². The molecule has 4 rings (SSSR count). The fourth-order valence-corrected chi connectivity index (χ4v) is 5.66. The van der Waals surface area contributed by atoms with Crippen LogP contribution in [0.1, 0.15) is 25.3 Å². The number of anilines is 1. The van der Waals surface area contributed by atoms with Crippen LogP contribution in [0.2, 0.25) is 0 Å². The third-order valence-corrected chi connectivity index (χ3v) is 8.12. The second-order valence-electron chi connectivity index (χ2n) is 8.74. The highest BCUT2D eigenvalue weighted by Crippen LogP contribution is 2.27. The van der Waals surface area contributed by atoms with Gasteiger partial charge in [0.15, 0.2) is 17.7 Å². The number of para-hydroxylation sites is 1. The zero-order valence-corrected chi connectivity index (χ0v) is 20.4. The van der Waals surface area contributed by atoms with Crippen LogP contribution in [0.5, 0.6) is 5.75 Å². The van der Waals surface area contributed by atoms with E-state index >= 15 is 0 Å². The molecular weight excluding hydrogens is 467 g/mol. The van der Waals surface area contributed by atoms with Gasteiger partial charge in [-0.2, -0.15) is 4.31 Å². The summed E-state index contributed by atoms with van der Waals surface area (Å²) >= 11 is 0. The van der Waals surface area contributed by atoms with Gasteiger partial charge in [-0.05, 0) is 74.1 Å². The number of hydrogen-bond acceptors (Lipinski definition) is 4. The number of nitrogens with zero attached hydrogens (tertiary/aromatic N) is 1. The monoisotopic (exact) mass is 496 g/mol. The van der Waals surface area contributed by atoms with Gasteiger partial charge in [-0.25, -0.2) is 12.8 Å². The maximum Gasteiger partial charge on any atom is 0.265 e. The minimum Gasteiger partial charge on any atom is -0.478 e. The first-order chi connectivity index (χ1) is 16.8. The van der Waals surface area contributed by atoms with Crippen LogP contribution in [-0.2, 0) is 21.2 Å². The zero-order valence-electron chi connectivity index (χ0n) is 19.6. The summed E-state index contributed by atoms with van der Waals surface area (Å²) in [4.78, 5) is 12.6. The minimum atomic E-state index is -3.61. The van der Waals surface area contributed by atoms with Crippen molar-refractivity contribution in [3.05, 3.63) is 90.2 Å². The van der Waals surface area contributed by atoms with E-state index in [2.05, 4.69) is 17.4 Å². The molecule has 8 heteroatoms. The number of piperidine rings is 1. The Morgan fingerprint density at radius 3 is 2.29 bits per heavy atom. The molecule has 3 aromatic rings. The normalized spacial score (nSPS) is 15.9. The lowest BCUT2D eigenvalue weighted by atomic mass is 9.91. The summed E-state index contributed by atoms with van der Waals surface area (Å²) in [6.45, 7) is 2.49. The van der Waals surface area contributed by atoms with Crippen LogP contribution < -0.4 is 10.1 Å². The summed E-state index contributed by atoms with van der Waals surface area (Å²) in [5.41, 5.74) is 1.71. The van der Waals surface area contributed by atoms with Crippen molar-refractivity contribution in [3.8, 4) is 5.75 Å². The molecule has 1 N–H and O–H groups in total. The summed E-state index contributed by atoms with van der Waals surface area (Å²) < 4.78 is 46.9. The lowest BCUT2D eigenvalue weighted by Crippen LogP contribution is -2.38. The van der Waals surface area contributed by atoms with Gasteiger partial charge in [0.1, 0.15) is 0 Å². The number of sulfonamides is 1. The predicted molar refractivity (Wildman–Crippen MR) is 133 cm³/mol. The van der Waals surface area contributed by atoms with Crippen molar-refractivity contribution in [3.63, 3.8) is 0 Å². The maximum atomic E-state index is 13.8. The topological polar surface area (TPSA) is 75.7 Å². The highest BCUT2D eigenvalue weighted by molar-refractivity contribution is 7.89. The Morgan fingerprint density at radius 2 is 1.63 bits per heavy atom. The van der Waals surface area contributed by atoms with Gasteiger partial charge in [0.2, 0.25) is 10.0 Å². The number of halogens is 1. The van der Waals surface area contributed by atoms with Crippen LogP contribution in [0.3, 0.4) is 0 Å². The molecular formula is C27H29FN2O4S. The van der Waals surface area contributed by atoms with Crippen LogP contribution >= 0.6 is 0 Å². The average molecular weight is 497 g/mol. The molecule has 1 fully saturated rings. The maximum absolute atomic E-state index is 13.8. The van der Waals surface area contributed by atoms with Gasteiger partial charge >= 0.3 is 0 Å². The molecule has 0 spiro atoms. The van der Waals surface area contributed by atoms with E-state index in [-0.39, 0.29) is 10.6 Å². The van der Waals surface area contributed by atoms with Crippen LogP contribution in [0.25, 0.3) is 0 Å². The van der Waals surface area contributed by atoms with Gasteiger partial charge in [-0.3, -0.25) is 4.79 Å². The van der Waals surface area contributed by atoms with E-state index in [1.807, 2.05) is 18.2 Å². The molecule has 0 radical (unpaired) electrons. The molecule has 0 saturated carbocycles. The molecule has 1 aliphatic rings. The van der Waals surface area contributed by atoms with Crippen molar-refractivity contribution in [1.82, 2.24) is 4.31 Å². The smallest absolute Gasteiger partial charge is 0.265 e. The number of ether oxygens (including phenoxy) is 1. The van der Waals surface area contributed by atoms with E-state index in [1.165, 1.54) is 47.1 Å². The Morgan fingerprint density at radius 1 is 1.00 bits per heavy atom. The number of benzene rings is 3. The van der Waals surface area contributed by atoms with Gasteiger partial charge < -0.3 is 10.1 Å². The summed E-state index contributed by atoms with van der Waals surface area (Å²) in [6.07, 6.45) is 1.67. The molecule has 0 aliphatic carbocycles. The summed E-state index contributed by atoms with van der Waals surface area (Å²) in [7, 11) is -3.61. The fourth-order valence-electron chi connectivity index (χ4n) is 4.19. The van der Waals surface area contributed by atoms with Crippen LogP contribution in [0, 0.1) is 11.7 Å². The molecule has 0 aromatic heterocycles. The Labute approximate surface area is 205 Å². The van der Waals surface area contributed by atoms with Crippen molar-refractivity contribution in [2.24, 2.45) is 5.92 Å². The lowest BCUT2D eigenvalue weighted by Gasteiger charge is -2.31. The quantitative estimate of drug-likeness (QED) is 0.483.